The van der Waals surface area contributed by atoms with Crippen LogP contribution in [0.1, 0.15) is 43.0 Å². The summed E-state index contributed by atoms with van der Waals surface area (Å²) in [6, 6.07) is 7.66. The second-order valence-corrected chi connectivity index (χ2v) is 7.18. The monoisotopic (exact) mass is 395 g/mol. The highest BCUT2D eigenvalue weighted by atomic mass is 16.5. The molecule has 1 aliphatic carbocycles. The Morgan fingerprint density at radius 3 is 2.69 bits per heavy atom. The highest BCUT2D eigenvalue weighted by molar-refractivity contribution is 5.90. The van der Waals surface area contributed by atoms with Gasteiger partial charge in [0.15, 0.2) is 11.5 Å². The maximum Gasteiger partial charge on any atom is 0.338 e. The second kappa shape index (κ2) is 8.44. The van der Waals surface area contributed by atoms with Gasteiger partial charge in [-0.1, -0.05) is 0 Å². The summed E-state index contributed by atoms with van der Waals surface area (Å²) in [5, 5.41) is 6.70. The first-order chi connectivity index (χ1) is 14.1. The molecule has 0 bridgehead atoms. The van der Waals surface area contributed by atoms with Crippen molar-refractivity contribution in [2.45, 2.75) is 44.7 Å². The molecule has 0 radical (unpaired) electrons. The Morgan fingerprint density at radius 2 is 1.97 bits per heavy atom. The average Bonchev–Trinajstić information content (AvgIpc) is 3.19. The van der Waals surface area contributed by atoms with Gasteiger partial charge < -0.3 is 26.1 Å². The summed E-state index contributed by atoms with van der Waals surface area (Å²) in [6.45, 7) is 2.13. The normalized spacial score (nSPS) is 19.1. The van der Waals surface area contributed by atoms with E-state index in [1.807, 2.05) is 12.1 Å². The van der Waals surface area contributed by atoms with E-state index in [0.717, 1.165) is 36.9 Å². The van der Waals surface area contributed by atoms with Crippen LogP contribution >= 0.6 is 0 Å². The van der Waals surface area contributed by atoms with Crippen LogP contribution < -0.4 is 16.4 Å². The van der Waals surface area contributed by atoms with E-state index in [9.17, 15) is 4.79 Å². The van der Waals surface area contributed by atoms with Gasteiger partial charge >= 0.3 is 5.97 Å². The van der Waals surface area contributed by atoms with E-state index in [1.54, 1.807) is 25.4 Å². The van der Waals surface area contributed by atoms with Gasteiger partial charge in [0, 0.05) is 17.8 Å². The number of fused-ring (bicyclic) bond motifs is 1. The Balaban J connectivity index is 1.53. The molecule has 9 heteroatoms. The molecule has 4 rings (SSSR count). The van der Waals surface area contributed by atoms with Crippen LogP contribution in [0, 0.1) is 0 Å². The number of aromatic nitrogens is 4. The van der Waals surface area contributed by atoms with Gasteiger partial charge in [-0.2, -0.15) is 9.97 Å². The number of H-pyrrole nitrogens is 1. The van der Waals surface area contributed by atoms with Gasteiger partial charge in [-0.15, -0.1) is 0 Å². The first kappa shape index (κ1) is 19.1. The van der Waals surface area contributed by atoms with Gasteiger partial charge in [-0.3, -0.25) is 0 Å². The lowest BCUT2D eigenvalue weighted by molar-refractivity contribution is 0.0526. The fourth-order valence-corrected chi connectivity index (χ4v) is 3.48. The molecule has 1 aromatic carbocycles. The lowest BCUT2D eigenvalue weighted by Crippen LogP contribution is -2.33. The molecule has 0 amide bonds. The Bertz CT molecular complexity index is 978. The van der Waals surface area contributed by atoms with E-state index in [4.69, 9.17) is 10.5 Å². The van der Waals surface area contributed by atoms with Crippen LogP contribution in [0.5, 0.6) is 0 Å². The third-order valence-corrected chi connectivity index (χ3v) is 5.05. The maximum atomic E-state index is 11.8. The molecule has 2 heterocycles. The lowest BCUT2D eigenvalue weighted by Gasteiger charge is -2.26. The highest BCUT2D eigenvalue weighted by Crippen LogP contribution is 2.25. The van der Waals surface area contributed by atoms with Crippen molar-refractivity contribution < 1.29 is 9.53 Å². The molecule has 1 fully saturated rings. The molecule has 0 saturated heterocycles. The van der Waals surface area contributed by atoms with Gasteiger partial charge in [0.1, 0.15) is 5.52 Å². The molecule has 1 saturated carbocycles. The number of nitrogens with zero attached hydrogens (tertiary/aromatic N) is 3. The topological polar surface area (TPSA) is 131 Å². The Kier molecular flexibility index (Phi) is 5.57. The van der Waals surface area contributed by atoms with Crippen molar-refractivity contribution in [2.24, 2.45) is 5.73 Å². The second-order valence-electron chi connectivity index (χ2n) is 7.18. The molecule has 3 aromatic rings. The van der Waals surface area contributed by atoms with Gasteiger partial charge in [0.25, 0.3) is 0 Å². The van der Waals surface area contributed by atoms with E-state index in [-0.39, 0.29) is 12.0 Å². The van der Waals surface area contributed by atoms with E-state index in [2.05, 4.69) is 30.6 Å². The van der Waals surface area contributed by atoms with Crippen LogP contribution in [0.15, 0.2) is 30.6 Å². The predicted molar refractivity (Wildman–Crippen MR) is 111 cm³/mol. The number of carbonyl (C=O) groups excluding carboxylic acids is 1. The number of rotatable bonds is 6. The van der Waals surface area contributed by atoms with Crippen molar-refractivity contribution in [3.63, 3.8) is 0 Å². The molecule has 9 nitrogen and oxygen atoms in total. The predicted octanol–water partition coefficient (Wildman–Crippen LogP) is 2.96. The van der Waals surface area contributed by atoms with E-state index < -0.39 is 0 Å². The summed E-state index contributed by atoms with van der Waals surface area (Å²) in [4.78, 5) is 28.3. The average molecular weight is 395 g/mol. The smallest absolute Gasteiger partial charge is 0.338 e. The van der Waals surface area contributed by atoms with Gasteiger partial charge in [-0.05, 0) is 56.9 Å². The minimum Gasteiger partial charge on any atom is -0.462 e. The minimum absolute atomic E-state index is 0.289. The standard InChI is InChI=1S/C20H25N7O2/c1-2-29-19(28)12-3-7-14(8-4-12)24-18-16-17(23-11-22-16)26-20(27-18)25-15-9-5-13(21)6-10-15/h3-4,7-8,11,13,15H,2,5-6,9-10,21H2,1H3,(H3,22,23,24,25,26,27). The van der Waals surface area contributed by atoms with Crippen molar-refractivity contribution >= 4 is 34.6 Å². The van der Waals surface area contributed by atoms with Crippen LogP contribution in [0.4, 0.5) is 17.5 Å². The van der Waals surface area contributed by atoms with Gasteiger partial charge in [0.05, 0.1) is 18.5 Å². The molecular weight excluding hydrogens is 370 g/mol. The number of benzene rings is 1. The summed E-state index contributed by atoms with van der Waals surface area (Å²) in [5.41, 5.74) is 8.60. The molecule has 0 aliphatic heterocycles. The van der Waals surface area contributed by atoms with Crippen molar-refractivity contribution in [1.82, 2.24) is 19.9 Å². The zero-order valence-electron chi connectivity index (χ0n) is 16.3. The summed E-state index contributed by atoms with van der Waals surface area (Å²) < 4.78 is 5.02. The minimum atomic E-state index is -0.337. The number of aromatic amines is 1. The third kappa shape index (κ3) is 4.45. The summed E-state index contributed by atoms with van der Waals surface area (Å²) in [5.74, 6) is 0.817. The Labute approximate surface area is 168 Å². The number of ether oxygens (including phenoxy) is 1. The lowest BCUT2D eigenvalue weighted by atomic mass is 9.92. The number of esters is 1. The summed E-state index contributed by atoms with van der Waals surface area (Å²) >= 11 is 0. The van der Waals surface area contributed by atoms with E-state index in [1.165, 1.54) is 0 Å². The molecule has 152 valence electrons. The number of hydrogen-bond donors (Lipinski definition) is 4. The Morgan fingerprint density at radius 1 is 1.21 bits per heavy atom. The zero-order valence-corrected chi connectivity index (χ0v) is 16.3. The SMILES string of the molecule is CCOC(=O)c1ccc(Nc2nc(NC3CCC(N)CC3)nc3nc[nH]c23)cc1. The Hall–Kier alpha value is -3.20. The number of carbonyl (C=O) groups is 1. The van der Waals surface area contributed by atoms with Crippen LogP contribution in [0.2, 0.25) is 0 Å². The number of nitrogens with two attached hydrogens (primary N) is 1. The summed E-state index contributed by atoms with van der Waals surface area (Å²) in [6.07, 6.45) is 5.60. The van der Waals surface area contributed by atoms with Crippen molar-refractivity contribution in [3.05, 3.63) is 36.2 Å². The van der Waals surface area contributed by atoms with E-state index >= 15 is 0 Å². The molecule has 1 aliphatic rings. The number of hydrogen-bond acceptors (Lipinski definition) is 8. The van der Waals surface area contributed by atoms with Crippen molar-refractivity contribution in [2.75, 3.05) is 17.2 Å². The van der Waals surface area contributed by atoms with Gasteiger partial charge in [-0.25, -0.2) is 9.78 Å². The molecule has 0 atom stereocenters. The van der Waals surface area contributed by atoms with Crippen molar-refractivity contribution in [1.29, 1.82) is 0 Å². The maximum absolute atomic E-state index is 11.8. The number of imidazole rings is 1. The third-order valence-electron chi connectivity index (χ3n) is 5.05. The summed E-state index contributed by atoms with van der Waals surface area (Å²) in [7, 11) is 0. The first-order valence-corrected chi connectivity index (χ1v) is 9.90. The van der Waals surface area contributed by atoms with Crippen LogP contribution in [-0.2, 0) is 4.74 Å². The van der Waals surface area contributed by atoms with Crippen LogP contribution in [0.3, 0.4) is 0 Å². The molecule has 5 N–H and O–H groups in total. The molecular formula is C20H25N7O2. The molecule has 0 unspecified atom stereocenters. The molecule has 0 spiro atoms. The van der Waals surface area contributed by atoms with Crippen LogP contribution in [0.25, 0.3) is 11.2 Å². The van der Waals surface area contributed by atoms with E-state index in [0.29, 0.717) is 35.6 Å². The quantitative estimate of drug-likeness (QED) is 0.469. The highest BCUT2D eigenvalue weighted by Gasteiger charge is 2.20. The van der Waals surface area contributed by atoms with Crippen LogP contribution in [-0.4, -0.2) is 44.6 Å². The zero-order chi connectivity index (χ0) is 20.2. The number of nitrogens with one attached hydrogen (secondary N) is 3. The first-order valence-electron chi connectivity index (χ1n) is 9.90. The fourth-order valence-electron chi connectivity index (χ4n) is 3.48. The molecule has 29 heavy (non-hydrogen) atoms. The number of anilines is 3. The van der Waals surface area contributed by atoms with Gasteiger partial charge in [0.2, 0.25) is 5.95 Å². The largest absolute Gasteiger partial charge is 0.462 e. The molecule has 2 aromatic heterocycles. The fraction of sp³-hybridized carbons (Fsp3) is 0.400. The van der Waals surface area contributed by atoms with Crippen molar-refractivity contribution in [3.8, 4) is 0 Å².